The Morgan fingerprint density at radius 2 is 2.00 bits per heavy atom. The molecule has 2 N–H and O–H groups in total. The van der Waals surface area contributed by atoms with E-state index in [1.807, 2.05) is 50.2 Å². The van der Waals surface area contributed by atoms with Crippen LogP contribution >= 0.6 is 15.9 Å². The maximum absolute atomic E-state index is 12.8. The summed E-state index contributed by atoms with van der Waals surface area (Å²) in [5.74, 6) is 0.322. The van der Waals surface area contributed by atoms with Gasteiger partial charge in [0, 0.05) is 4.47 Å². The fraction of sp³-hybridized carbons (Fsp3) is 0.316. The second-order valence-electron chi connectivity index (χ2n) is 6.54. The van der Waals surface area contributed by atoms with Gasteiger partial charge in [-0.1, -0.05) is 40.2 Å². The third-order valence-corrected chi connectivity index (χ3v) is 5.16. The van der Waals surface area contributed by atoms with Crippen molar-refractivity contribution >= 4 is 21.8 Å². The first-order chi connectivity index (χ1) is 10.9. The van der Waals surface area contributed by atoms with Crippen LogP contribution in [0.15, 0.2) is 46.9 Å². The van der Waals surface area contributed by atoms with Crippen molar-refractivity contribution < 1.29 is 9.90 Å². The van der Waals surface area contributed by atoms with Gasteiger partial charge in [-0.3, -0.25) is 4.79 Å². The number of benzene rings is 2. The molecule has 1 atom stereocenters. The first kappa shape index (κ1) is 16.1. The van der Waals surface area contributed by atoms with Gasteiger partial charge in [-0.25, -0.2) is 0 Å². The smallest absolute Gasteiger partial charge is 0.230 e. The average molecular weight is 374 g/mol. The number of phenols is 1. The number of rotatable bonds is 3. The van der Waals surface area contributed by atoms with Crippen molar-refractivity contribution in [3.8, 4) is 5.75 Å². The predicted molar refractivity (Wildman–Crippen MR) is 94.5 cm³/mol. The summed E-state index contributed by atoms with van der Waals surface area (Å²) >= 11 is 3.46. The van der Waals surface area contributed by atoms with Crippen LogP contribution in [-0.4, -0.2) is 11.0 Å². The van der Waals surface area contributed by atoms with Gasteiger partial charge in [-0.2, -0.15) is 0 Å². The maximum Gasteiger partial charge on any atom is 0.230 e. The van der Waals surface area contributed by atoms with Gasteiger partial charge in [0.15, 0.2) is 0 Å². The van der Waals surface area contributed by atoms with Crippen molar-refractivity contribution in [3.05, 3.63) is 63.6 Å². The first-order valence-electron chi connectivity index (χ1n) is 7.77. The zero-order valence-corrected chi connectivity index (χ0v) is 14.9. The van der Waals surface area contributed by atoms with Crippen LogP contribution in [0.5, 0.6) is 5.75 Å². The first-order valence-corrected chi connectivity index (χ1v) is 8.56. The molecule has 0 aromatic heterocycles. The van der Waals surface area contributed by atoms with E-state index >= 15 is 0 Å². The number of amides is 1. The predicted octanol–water partition coefficient (Wildman–Crippen LogP) is 4.24. The summed E-state index contributed by atoms with van der Waals surface area (Å²) in [5, 5.41) is 13.1. The Morgan fingerprint density at radius 1 is 1.26 bits per heavy atom. The summed E-state index contributed by atoms with van der Waals surface area (Å²) < 4.78 is 0.965. The van der Waals surface area contributed by atoms with Crippen LogP contribution in [0.4, 0.5) is 0 Å². The van der Waals surface area contributed by atoms with Gasteiger partial charge < -0.3 is 10.4 Å². The second-order valence-corrected chi connectivity index (χ2v) is 7.46. The van der Waals surface area contributed by atoms with Crippen molar-refractivity contribution in [1.82, 2.24) is 5.32 Å². The minimum Gasteiger partial charge on any atom is -0.508 e. The molecule has 3 rings (SSSR count). The molecule has 1 aliphatic rings. The molecule has 2 aromatic carbocycles. The van der Waals surface area contributed by atoms with Gasteiger partial charge in [0.1, 0.15) is 5.75 Å². The Labute approximate surface area is 144 Å². The standard InChI is InChI=1S/C19H20BrNO2/c1-19(2,12-5-3-6-13(20)11-12)18(23)21-16-10-9-15-14(16)7-4-8-17(15)22/h3-8,11,16,22H,9-10H2,1-2H3,(H,21,23). The number of nitrogens with one attached hydrogen (secondary N) is 1. The molecule has 0 radical (unpaired) electrons. The molecular weight excluding hydrogens is 354 g/mol. The van der Waals surface area contributed by atoms with Crippen LogP contribution in [-0.2, 0) is 16.6 Å². The monoisotopic (exact) mass is 373 g/mol. The Balaban J connectivity index is 1.82. The number of carbonyl (C=O) groups excluding carboxylic acids is 1. The summed E-state index contributed by atoms with van der Waals surface area (Å²) in [4.78, 5) is 12.8. The van der Waals surface area contributed by atoms with Crippen LogP contribution in [0.2, 0.25) is 0 Å². The third-order valence-electron chi connectivity index (χ3n) is 4.67. The number of carbonyl (C=O) groups is 1. The number of hydrogen-bond donors (Lipinski definition) is 2. The van der Waals surface area contributed by atoms with Crippen molar-refractivity contribution in [2.45, 2.75) is 38.1 Å². The molecule has 120 valence electrons. The summed E-state index contributed by atoms with van der Waals surface area (Å²) in [6.45, 7) is 3.87. The van der Waals surface area contributed by atoms with Gasteiger partial charge >= 0.3 is 0 Å². The van der Waals surface area contributed by atoms with Crippen LogP contribution in [0.3, 0.4) is 0 Å². The lowest BCUT2D eigenvalue weighted by molar-refractivity contribution is -0.126. The van der Waals surface area contributed by atoms with E-state index in [4.69, 9.17) is 0 Å². The summed E-state index contributed by atoms with van der Waals surface area (Å²) in [7, 11) is 0. The van der Waals surface area contributed by atoms with Gasteiger partial charge in [0.05, 0.1) is 11.5 Å². The average Bonchev–Trinajstić information content (AvgIpc) is 2.92. The van der Waals surface area contributed by atoms with E-state index in [0.29, 0.717) is 5.75 Å². The highest BCUT2D eigenvalue weighted by Gasteiger charge is 2.34. The fourth-order valence-corrected chi connectivity index (χ4v) is 3.53. The van der Waals surface area contributed by atoms with E-state index < -0.39 is 5.41 Å². The zero-order chi connectivity index (χ0) is 16.6. The molecule has 4 heteroatoms. The van der Waals surface area contributed by atoms with E-state index in [9.17, 15) is 9.90 Å². The van der Waals surface area contributed by atoms with Crippen molar-refractivity contribution in [2.24, 2.45) is 0 Å². The minimum absolute atomic E-state index is 0.00297. The normalized spacial score (nSPS) is 16.9. The number of fused-ring (bicyclic) bond motifs is 1. The molecule has 1 unspecified atom stereocenters. The molecular formula is C19H20BrNO2. The van der Waals surface area contributed by atoms with Gasteiger partial charge in [-0.05, 0) is 61.6 Å². The number of hydrogen-bond acceptors (Lipinski definition) is 2. The Kier molecular flexibility index (Phi) is 4.19. The van der Waals surface area contributed by atoms with Crippen molar-refractivity contribution in [3.63, 3.8) is 0 Å². The maximum atomic E-state index is 12.8. The van der Waals surface area contributed by atoms with Gasteiger partial charge in [-0.15, -0.1) is 0 Å². The van der Waals surface area contributed by atoms with E-state index in [0.717, 1.165) is 34.0 Å². The molecule has 0 saturated carbocycles. The van der Waals surface area contributed by atoms with Crippen LogP contribution in [0, 0.1) is 0 Å². The highest BCUT2D eigenvalue weighted by Crippen LogP contribution is 2.37. The van der Waals surface area contributed by atoms with Crippen LogP contribution in [0.1, 0.15) is 43.0 Å². The minimum atomic E-state index is -0.622. The molecule has 23 heavy (non-hydrogen) atoms. The van der Waals surface area contributed by atoms with Crippen LogP contribution in [0.25, 0.3) is 0 Å². The van der Waals surface area contributed by atoms with E-state index in [1.54, 1.807) is 6.07 Å². The molecule has 2 aromatic rings. The second kappa shape index (κ2) is 6.00. The zero-order valence-electron chi connectivity index (χ0n) is 13.3. The summed E-state index contributed by atoms with van der Waals surface area (Å²) in [6, 6.07) is 13.3. The largest absolute Gasteiger partial charge is 0.508 e. The molecule has 1 aliphatic carbocycles. The molecule has 0 bridgehead atoms. The summed E-state index contributed by atoms with van der Waals surface area (Å²) in [5.41, 5.74) is 2.34. The molecule has 0 saturated heterocycles. The lowest BCUT2D eigenvalue weighted by Crippen LogP contribution is -2.41. The highest BCUT2D eigenvalue weighted by atomic mass is 79.9. The van der Waals surface area contributed by atoms with E-state index in [2.05, 4.69) is 21.2 Å². The topological polar surface area (TPSA) is 49.3 Å². The van der Waals surface area contributed by atoms with Crippen LogP contribution < -0.4 is 5.32 Å². The van der Waals surface area contributed by atoms with Crippen molar-refractivity contribution in [1.29, 1.82) is 0 Å². The molecule has 0 aliphatic heterocycles. The molecule has 1 amide bonds. The van der Waals surface area contributed by atoms with Crippen molar-refractivity contribution in [2.75, 3.05) is 0 Å². The number of phenolic OH excluding ortho intramolecular Hbond substituents is 1. The fourth-order valence-electron chi connectivity index (χ4n) is 3.13. The van der Waals surface area contributed by atoms with Gasteiger partial charge in [0.25, 0.3) is 0 Å². The quantitative estimate of drug-likeness (QED) is 0.845. The Hall–Kier alpha value is -1.81. The lowest BCUT2D eigenvalue weighted by atomic mass is 9.83. The van der Waals surface area contributed by atoms with E-state index in [-0.39, 0.29) is 11.9 Å². The Bertz CT molecular complexity index is 755. The molecule has 0 fully saturated rings. The number of halogens is 1. The molecule has 0 spiro atoms. The lowest BCUT2D eigenvalue weighted by Gasteiger charge is -2.27. The highest BCUT2D eigenvalue weighted by molar-refractivity contribution is 9.10. The Morgan fingerprint density at radius 3 is 2.74 bits per heavy atom. The SMILES string of the molecule is CC(C)(C(=O)NC1CCc2c(O)cccc21)c1cccc(Br)c1. The number of aromatic hydroxyl groups is 1. The molecule has 0 heterocycles. The third kappa shape index (κ3) is 3.00. The summed E-state index contributed by atoms with van der Waals surface area (Å²) in [6.07, 6.45) is 1.62. The molecule has 3 nitrogen and oxygen atoms in total. The van der Waals surface area contributed by atoms with Gasteiger partial charge in [0.2, 0.25) is 5.91 Å². The van der Waals surface area contributed by atoms with E-state index in [1.165, 1.54) is 0 Å².